The molecule has 1 atom stereocenters. The average molecular weight is 200 g/mol. The third-order valence-electron chi connectivity index (χ3n) is 2.40. The maximum Gasteiger partial charge on any atom is 0.130 e. The van der Waals surface area contributed by atoms with Gasteiger partial charge in [0, 0.05) is 12.4 Å². The molecule has 0 fully saturated rings. The van der Waals surface area contributed by atoms with E-state index in [1.54, 1.807) is 25.5 Å². The second-order valence-electron chi connectivity index (χ2n) is 3.53. The summed E-state index contributed by atoms with van der Waals surface area (Å²) in [5.74, 6) is 0. The Balaban J connectivity index is 2.44. The van der Waals surface area contributed by atoms with Gasteiger partial charge in [0.25, 0.3) is 0 Å². The molecule has 2 rings (SSSR count). The van der Waals surface area contributed by atoms with Crippen molar-refractivity contribution in [1.82, 2.24) is 9.97 Å². The summed E-state index contributed by atoms with van der Waals surface area (Å²) in [6, 6.07) is 9.43. The lowest BCUT2D eigenvalue weighted by molar-refractivity contribution is 0.0969. The Kier molecular flexibility index (Phi) is 2.47. The van der Waals surface area contributed by atoms with Gasteiger partial charge in [-0.25, -0.2) is 0 Å². The zero-order chi connectivity index (χ0) is 10.7. The van der Waals surface area contributed by atoms with Gasteiger partial charge >= 0.3 is 0 Å². The van der Waals surface area contributed by atoms with E-state index in [0.29, 0.717) is 5.69 Å². The van der Waals surface area contributed by atoms with E-state index in [0.717, 1.165) is 5.56 Å². The molecule has 1 aromatic carbocycles. The van der Waals surface area contributed by atoms with Crippen LogP contribution in [0.25, 0.3) is 0 Å². The first-order valence-electron chi connectivity index (χ1n) is 4.75. The van der Waals surface area contributed by atoms with E-state index < -0.39 is 5.60 Å². The molecule has 0 bridgehead atoms. The van der Waals surface area contributed by atoms with Crippen molar-refractivity contribution < 1.29 is 5.11 Å². The van der Waals surface area contributed by atoms with Crippen LogP contribution in [0.2, 0.25) is 0 Å². The van der Waals surface area contributed by atoms with Gasteiger partial charge in [-0.1, -0.05) is 30.3 Å². The highest BCUT2D eigenvalue weighted by atomic mass is 16.3. The van der Waals surface area contributed by atoms with Crippen LogP contribution >= 0.6 is 0 Å². The van der Waals surface area contributed by atoms with E-state index >= 15 is 0 Å². The minimum atomic E-state index is -1.09. The summed E-state index contributed by atoms with van der Waals surface area (Å²) in [6.45, 7) is 1.71. The third kappa shape index (κ3) is 1.87. The largest absolute Gasteiger partial charge is 0.379 e. The molecule has 76 valence electrons. The molecule has 3 nitrogen and oxygen atoms in total. The van der Waals surface area contributed by atoms with Gasteiger partial charge in [0.05, 0.1) is 11.9 Å². The van der Waals surface area contributed by atoms with Crippen molar-refractivity contribution in [3.05, 3.63) is 60.2 Å². The van der Waals surface area contributed by atoms with E-state index in [9.17, 15) is 5.11 Å². The maximum absolute atomic E-state index is 10.4. The number of rotatable bonds is 2. The Morgan fingerprint density at radius 2 is 1.87 bits per heavy atom. The van der Waals surface area contributed by atoms with E-state index in [2.05, 4.69) is 9.97 Å². The monoisotopic (exact) mass is 200 g/mol. The summed E-state index contributed by atoms with van der Waals surface area (Å²) in [5.41, 5.74) is 0.275. The van der Waals surface area contributed by atoms with Gasteiger partial charge in [-0.15, -0.1) is 0 Å². The molecule has 3 heteroatoms. The Morgan fingerprint density at radius 3 is 2.47 bits per heavy atom. The molecule has 0 aliphatic carbocycles. The minimum Gasteiger partial charge on any atom is -0.379 e. The highest BCUT2D eigenvalue weighted by molar-refractivity contribution is 5.29. The maximum atomic E-state index is 10.4. The Hall–Kier alpha value is -1.74. The van der Waals surface area contributed by atoms with Crippen LogP contribution in [0.3, 0.4) is 0 Å². The van der Waals surface area contributed by atoms with Crippen molar-refractivity contribution in [2.24, 2.45) is 0 Å². The molecule has 1 aromatic heterocycles. The van der Waals surface area contributed by atoms with Gasteiger partial charge in [-0.3, -0.25) is 9.97 Å². The highest BCUT2D eigenvalue weighted by Crippen LogP contribution is 2.26. The molecule has 2 aromatic rings. The number of hydrogen-bond acceptors (Lipinski definition) is 3. The van der Waals surface area contributed by atoms with Crippen LogP contribution in [0.4, 0.5) is 0 Å². The van der Waals surface area contributed by atoms with Crippen LogP contribution in [-0.4, -0.2) is 15.1 Å². The summed E-state index contributed by atoms with van der Waals surface area (Å²) < 4.78 is 0. The summed E-state index contributed by atoms with van der Waals surface area (Å²) in [7, 11) is 0. The fourth-order valence-electron chi connectivity index (χ4n) is 1.46. The lowest BCUT2D eigenvalue weighted by Gasteiger charge is -2.22. The normalized spacial score (nSPS) is 14.5. The Bertz CT molecular complexity index is 384. The zero-order valence-corrected chi connectivity index (χ0v) is 8.46. The summed E-state index contributed by atoms with van der Waals surface area (Å²) in [5, 5.41) is 10.4. The molecule has 1 unspecified atom stereocenters. The predicted molar refractivity (Wildman–Crippen MR) is 57.1 cm³/mol. The lowest BCUT2D eigenvalue weighted by Crippen LogP contribution is -2.24. The summed E-state index contributed by atoms with van der Waals surface area (Å²) in [4.78, 5) is 8.07. The second-order valence-corrected chi connectivity index (χ2v) is 3.53. The second kappa shape index (κ2) is 3.79. The van der Waals surface area contributed by atoms with Crippen molar-refractivity contribution in [3.63, 3.8) is 0 Å². The smallest absolute Gasteiger partial charge is 0.130 e. The molecule has 15 heavy (non-hydrogen) atoms. The quantitative estimate of drug-likeness (QED) is 0.803. The SMILES string of the molecule is CC(O)(c1ccccc1)c1cnccn1. The number of nitrogens with zero attached hydrogens (tertiary/aromatic N) is 2. The fraction of sp³-hybridized carbons (Fsp3) is 0.167. The molecular formula is C12H12N2O. The number of aliphatic hydroxyl groups is 1. The van der Waals surface area contributed by atoms with E-state index in [1.165, 1.54) is 0 Å². The van der Waals surface area contributed by atoms with E-state index in [-0.39, 0.29) is 0 Å². The van der Waals surface area contributed by atoms with Gasteiger partial charge in [-0.2, -0.15) is 0 Å². The van der Waals surface area contributed by atoms with Crippen molar-refractivity contribution in [2.75, 3.05) is 0 Å². The van der Waals surface area contributed by atoms with Gasteiger partial charge in [0.2, 0.25) is 0 Å². The first-order chi connectivity index (χ1) is 7.21. The molecular weight excluding hydrogens is 188 g/mol. The predicted octanol–water partition coefficient (Wildman–Crippen LogP) is 1.73. The summed E-state index contributed by atoms with van der Waals surface area (Å²) in [6.07, 6.45) is 4.74. The number of hydrogen-bond donors (Lipinski definition) is 1. The topological polar surface area (TPSA) is 46.0 Å². The molecule has 0 aliphatic rings. The first kappa shape index (κ1) is 9.80. The van der Waals surface area contributed by atoms with Gasteiger partial charge in [-0.05, 0) is 12.5 Å². The molecule has 0 spiro atoms. The first-order valence-corrected chi connectivity index (χ1v) is 4.75. The Morgan fingerprint density at radius 1 is 1.13 bits per heavy atom. The van der Waals surface area contributed by atoms with Crippen molar-refractivity contribution in [2.45, 2.75) is 12.5 Å². The average Bonchev–Trinajstić information content (AvgIpc) is 2.31. The van der Waals surface area contributed by atoms with E-state index in [4.69, 9.17) is 0 Å². The number of aromatic nitrogens is 2. The van der Waals surface area contributed by atoms with Crippen LogP contribution < -0.4 is 0 Å². The van der Waals surface area contributed by atoms with Crippen molar-refractivity contribution in [3.8, 4) is 0 Å². The zero-order valence-electron chi connectivity index (χ0n) is 8.46. The van der Waals surface area contributed by atoms with Crippen molar-refractivity contribution >= 4 is 0 Å². The van der Waals surface area contributed by atoms with Crippen LogP contribution in [0, 0.1) is 0 Å². The minimum absolute atomic E-state index is 0.552. The molecule has 0 amide bonds. The summed E-state index contributed by atoms with van der Waals surface area (Å²) >= 11 is 0. The lowest BCUT2D eigenvalue weighted by atomic mass is 9.93. The van der Waals surface area contributed by atoms with Gasteiger partial charge < -0.3 is 5.11 Å². The van der Waals surface area contributed by atoms with Gasteiger partial charge in [0.15, 0.2) is 0 Å². The fourth-order valence-corrected chi connectivity index (χ4v) is 1.46. The molecule has 0 radical (unpaired) electrons. The molecule has 0 aliphatic heterocycles. The molecule has 0 saturated heterocycles. The van der Waals surface area contributed by atoms with E-state index in [1.807, 2.05) is 30.3 Å². The van der Waals surface area contributed by atoms with Crippen LogP contribution in [0.5, 0.6) is 0 Å². The van der Waals surface area contributed by atoms with Gasteiger partial charge in [0.1, 0.15) is 5.60 Å². The van der Waals surface area contributed by atoms with Crippen LogP contribution in [-0.2, 0) is 5.60 Å². The van der Waals surface area contributed by atoms with Crippen molar-refractivity contribution in [1.29, 1.82) is 0 Å². The number of benzene rings is 1. The van der Waals surface area contributed by atoms with Crippen LogP contribution in [0.15, 0.2) is 48.9 Å². The highest BCUT2D eigenvalue weighted by Gasteiger charge is 2.26. The molecule has 1 N–H and O–H groups in total. The molecule has 1 heterocycles. The Labute approximate surface area is 88.5 Å². The molecule has 0 saturated carbocycles. The van der Waals surface area contributed by atoms with Crippen LogP contribution in [0.1, 0.15) is 18.2 Å². The standard InChI is InChI=1S/C12H12N2O/c1-12(15,10-5-3-2-4-6-10)11-9-13-7-8-14-11/h2-9,15H,1H3. The third-order valence-corrected chi connectivity index (χ3v) is 2.40.